The first-order valence-corrected chi connectivity index (χ1v) is 14.7. The molecule has 7 nitrogen and oxygen atoms in total. The predicted octanol–water partition coefficient (Wildman–Crippen LogP) is 2.08. The van der Waals surface area contributed by atoms with E-state index in [4.69, 9.17) is 22.1 Å². The van der Waals surface area contributed by atoms with Crippen molar-refractivity contribution in [2.45, 2.75) is 43.3 Å². The Morgan fingerprint density at radius 2 is 1.43 bits per heavy atom. The zero-order chi connectivity index (χ0) is 21.4. The summed E-state index contributed by atoms with van der Waals surface area (Å²) in [5.41, 5.74) is 0. The minimum atomic E-state index is -2.62. The molecule has 167 valence electrons. The highest BCUT2D eigenvalue weighted by Gasteiger charge is 2.46. The van der Waals surface area contributed by atoms with Gasteiger partial charge in [0.2, 0.25) is 0 Å². The average Bonchev–Trinajstić information content (AvgIpc) is 2.69. The van der Waals surface area contributed by atoms with Crippen molar-refractivity contribution in [1.82, 2.24) is 9.80 Å². The predicted molar refractivity (Wildman–Crippen MR) is 120 cm³/mol. The van der Waals surface area contributed by atoms with Crippen molar-refractivity contribution < 1.29 is 22.1 Å². The van der Waals surface area contributed by atoms with Crippen LogP contribution in [0.25, 0.3) is 0 Å². The summed E-state index contributed by atoms with van der Waals surface area (Å²) in [5, 5.41) is 0.354. The molecule has 0 rings (SSSR count). The Balaban J connectivity index is 4.54. The molecule has 0 aromatic heterocycles. The van der Waals surface area contributed by atoms with E-state index in [1.807, 2.05) is 0 Å². The molecule has 10 heteroatoms. The fourth-order valence-corrected chi connectivity index (χ4v) is 9.53. The zero-order valence-corrected chi connectivity index (χ0v) is 22.4. The minimum absolute atomic E-state index is 0.354. The number of hydrogen-bond donors (Lipinski definition) is 0. The van der Waals surface area contributed by atoms with Gasteiger partial charge in [-0.2, -0.15) is 0 Å². The molecule has 0 saturated carbocycles. The molecule has 0 spiro atoms. The van der Waals surface area contributed by atoms with Crippen molar-refractivity contribution in [1.29, 1.82) is 0 Å². The van der Waals surface area contributed by atoms with Gasteiger partial charge < -0.3 is 31.9 Å². The van der Waals surface area contributed by atoms with Gasteiger partial charge in [0, 0.05) is 40.7 Å². The normalized spacial score (nSPS) is 13.8. The van der Waals surface area contributed by atoms with Crippen LogP contribution in [0.3, 0.4) is 0 Å². The van der Waals surface area contributed by atoms with Crippen LogP contribution >= 0.6 is 0 Å². The van der Waals surface area contributed by atoms with Crippen molar-refractivity contribution in [3.8, 4) is 0 Å². The molecule has 0 amide bonds. The first-order chi connectivity index (χ1) is 13.4. The Kier molecular flexibility index (Phi) is 17.3. The maximum Gasteiger partial charge on any atom is 0.500 e. The van der Waals surface area contributed by atoms with Gasteiger partial charge in [0.15, 0.2) is 0 Å². The average molecular weight is 452 g/mol. The third kappa shape index (κ3) is 11.5. The number of nitrogens with zero attached hydrogens (tertiary/aromatic N) is 2. The Labute approximate surface area is 179 Å². The lowest BCUT2D eigenvalue weighted by molar-refractivity contribution is 0.118. The molecule has 0 aromatic carbocycles. The molecule has 0 N–H and O–H groups in total. The maximum absolute atomic E-state index is 5.81. The van der Waals surface area contributed by atoms with Crippen molar-refractivity contribution in [2.75, 3.05) is 75.9 Å². The van der Waals surface area contributed by atoms with Crippen molar-refractivity contribution in [2.24, 2.45) is 0 Å². The second-order valence-corrected chi connectivity index (χ2v) is 14.4. The molecule has 3 radical (unpaired) electrons. The van der Waals surface area contributed by atoms with E-state index in [2.05, 4.69) is 30.9 Å². The van der Waals surface area contributed by atoms with Gasteiger partial charge in [-0.15, -0.1) is 0 Å². The van der Waals surface area contributed by atoms with Gasteiger partial charge in [0.1, 0.15) is 0 Å². The first-order valence-electron chi connectivity index (χ1n) is 10.0. The summed E-state index contributed by atoms with van der Waals surface area (Å²) in [5.74, 6) is 0. The van der Waals surface area contributed by atoms with Crippen molar-refractivity contribution in [3.05, 3.63) is 0 Å². The molecule has 0 heterocycles. The van der Waals surface area contributed by atoms with Crippen LogP contribution in [-0.4, -0.2) is 113 Å². The van der Waals surface area contributed by atoms with Crippen LogP contribution in [0.4, 0.5) is 0 Å². The van der Waals surface area contributed by atoms with E-state index in [1.165, 1.54) is 19.3 Å². The summed E-state index contributed by atoms with van der Waals surface area (Å²) in [6.45, 7) is 2.19. The quantitative estimate of drug-likeness (QED) is 0.220. The summed E-state index contributed by atoms with van der Waals surface area (Å²) >= 11 is 0. The summed E-state index contributed by atoms with van der Waals surface area (Å²) in [6, 6.07) is 1.01. The molecule has 1 unspecified atom stereocenters. The monoisotopic (exact) mass is 451 g/mol. The molecule has 1 atom stereocenters. The van der Waals surface area contributed by atoms with E-state index in [0.29, 0.717) is 5.16 Å². The largest absolute Gasteiger partial charge is 0.500 e. The van der Waals surface area contributed by atoms with Crippen LogP contribution in [0, 0.1) is 0 Å². The topological polar surface area (TPSA) is 52.6 Å². The smallest absolute Gasteiger partial charge is 0.397 e. The zero-order valence-electron chi connectivity index (χ0n) is 19.4. The molecule has 0 aliphatic rings. The molecular formula is C18H43N2O5Si3. The first kappa shape index (κ1) is 28.4. The molecule has 0 saturated heterocycles. The van der Waals surface area contributed by atoms with E-state index >= 15 is 0 Å². The van der Waals surface area contributed by atoms with Gasteiger partial charge in [-0.1, -0.05) is 12.8 Å². The highest BCUT2D eigenvalue weighted by atomic mass is 28.4. The van der Waals surface area contributed by atoms with Gasteiger partial charge >= 0.3 is 18.1 Å². The van der Waals surface area contributed by atoms with Crippen LogP contribution < -0.4 is 0 Å². The fourth-order valence-electron chi connectivity index (χ4n) is 3.16. The summed E-state index contributed by atoms with van der Waals surface area (Å²) in [4.78, 5) is 4.63. The van der Waals surface area contributed by atoms with Crippen molar-refractivity contribution in [3.63, 3.8) is 0 Å². The summed E-state index contributed by atoms with van der Waals surface area (Å²) in [7, 11) is 12.1. The van der Waals surface area contributed by atoms with Crippen LogP contribution in [0.15, 0.2) is 0 Å². The van der Waals surface area contributed by atoms with Crippen LogP contribution in [0.5, 0.6) is 0 Å². The van der Waals surface area contributed by atoms with Gasteiger partial charge in [0.05, 0.1) is 9.52 Å². The Bertz CT molecular complexity index is 354. The van der Waals surface area contributed by atoms with E-state index in [-0.39, 0.29) is 0 Å². The lowest BCUT2D eigenvalue weighted by Gasteiger charge is -2.33. The minimum Gasteiger partial charge on any atom is -0.397 e. The Morgan fingerprint density at radius 1 is 0.821 bits per heavy atom. The molecule has 0 bridgehead atoms. The fraction of sp³-hybridized carbons (Fsp3) is 1.00. The summed E-state index contributed by atoms with van der Waals surface area (Å²) < 4.78 is 28.2. The second-order valence-electron chi connectivity index (χ2n) is 7.25. The van der Waals surface area contributed by atoms with Gasteiger partial charge in [-0.3, -0.25) is 0 Å². The van der Waals surface area contributed by atoms with Gasteiger partial charge in [-0.05, 0) is 65.7 Å². The molecule has 0 aliphatic heterocycles. The van der Waals surface area contributed by atoms with Crippen molar-refractivity contribution >= 4 is 27.6 Å². The second kappa shape index (κ2) is 17.1. The number of unbranched alkanes of at least 4 members (excludes halogenated alkanes) is 2. The number of rotatable bonds is 19. The third-order valence-corrected chi connectivity index (χ3v) is 12.6. The van der Waals surface area contributed by atoms with Gasteiger partial charge in [0.25, 0.3) is 0 Å². The van der Waals surface area contributed by atoms with E-state index in [0.717, 1.165) is 47.7 Å². The van der Waals surface area contributed by atoms with Crippen LogP contribution in [0.1, 0.15) is 32.1 Å². The molecule has 0 fully saturated rings. The van der Waals surface area contributed by atoms with E-state index in [1.54, 1.807) is 35.5 Å². The molecule has 28 heavy (non-hydrogen) atoms. The number of hydrogen-bond acceptors (Lipinski definition) is 7. The summed E-state index contributed by atoms with van der Waals surface area (Å²) in [6.07, 6.45) is 6.88. The Morgan fingerprint density at radius 3 is 1.93 bits per heavy atom. The maximum atomic E-state index is 5.81. The standard InChI is InChI=1S/C18H43N2O5Si3/c1-19(2)14-11-9-10-13-18(28(23-6,24-7)25-8)26-17-20(3)15-12-16-27(21-4)22-5/h18H,9-17H2,1-8H3. The lowest BCUT2D eigenvalue weighted by atomic mass is 10.2. The Hall–Kier alpha value is 0.371. The van der Waals surface area contributed by atoms with E-state index in [9.17, 15) is 0 Å². The highest BCUT2D eigenvalue weighted by Crippen LogP contribution is 2.29. The molecule has 0 aliphatic carbocycles. The van der Waals surface area contributed by atoms with E-state index < -0.39 is 18.1 Å². The third-order valence-electron chi connectivity index (χ3n) is 4.86. The van der Waals surface area contributed by atoms with Crippen LogP contribution in [0.2, 0.25) is 11.2 Å². The molecule has 0 aromatic rings. The van der Waals surface area contributed by atoms with Crippen LogP contribution in [-0.2, 0) is 22.1 Å². The SMILES string of the molecule is CO[Si](CCCN(C)C[Si]C(CCCCCN(C)C)[Si](OC)(OC)OC)OC. The highest BCUT2D eigenvalue weighted by molar-refractivity contribution is 6.73. The lowest BCUT2D eigenvalue weighted by Crippen LogP contribution is -2.51. The van der Waals surface area contributed by atoms with Gasteiger partial charge in [-0.25, -0.2) is 0 Å². The molecular weight excluding hydrogens is 408 g/mol.